The molecule has 1 aliphatic rings. The number of nitrogens with one attached hydrogen (secondary N) is 1. The minimum absolute atomic E-state index is 0.138. The van der Waals surface area contributed by atoms with E-state index in [1.807, 2.05) is 0 Å². The van der Waals surface area contributed by atoms with Crippen LogP contribution in [0.3, 0.4) is 0 Å². The number of carbonyl (C=O) groups is 2. The molecule has 4 nitrogen and oxygen atoms in total. The van der Waals surface area contributed by atoms with E-state index >= 15 is 0 Å². The maximum absolute atomic E-state index is 12.1. The molecular formula is C13H13Cl2NO3. The number of amides is 1. The first-order valence-corrected chi connectivity index (χ1v) is 6.72. The SMILES string of the molecule is O=C(NC1CCC(C(=O)O)C1)c1c(Cl)cccc1Cl. The van der Waals surface area contributed by atoms with E-state index in [0.717, 1.165) is 0 Å². The molecule has 0 spiro atoms. The lowest BCUT2D eigenvalue weighted by atomic mass is 10.1. The predicted molar refractivity (Wildman–Crippen MR) is 72.7 cm³/mol. The van der Waals surface area contributed by atoms with Gasteiger partial charge in [0.15, 0.2) is 0 Å². The van der Waals surface area contributed by atoms with Gasteiger partial charge in [0.05, 0.1) is 21.5 Å². The van der Waals surface area contributed by atoms with Gasteiger partial charge in [-0.1, -0.05) is 29.3 Å². The van der Waals surface area contributed by atoms with Crippen LogP contribution in [0.2, 0.25) is 10.0 Å². The number of halogens is 2. The zero-order chi connectivity index (χ0) is 14.0. The van der Waals surface area contributed by atoms with Crippen LogP contribution in [-0.2, 0) is 4.79 Å². The third-order valence-corrected chi connectivity index (χ3v) is 3.94. The third-order valence-electron chi connectivity index (χ3n) is 3.31. The zero-order valence-corrected chi connectivity index (χ0v) is 11.5. The van der Waals surface area contributed by atoms with E-state index in [0.29, 0.717) is 19.3 Å². The molecule has 0 aromatic heterocycles. The molecule has 1 saturated carbocycles. The fraction of sp³-hybridized carbons (Fsp3) is 0.385. The van der Waals surface area contributed by atoms with Gasteiger partial charge in [-0.05, 0) is 31.4 Å². The Morgan fingerprint density at radius 3 is 2.37 bits per heavy atom. The lowest BCUT2D eigenvalue weighted by Gasteiger charge is -2.14. The maximum atomic E-state index is 12.1. The van der Waals surface area contributed by atoms with Gasteiger partial charge in [-0.2, -0.15) is 0 Å². The molecule has 1 aromatic rings. The van der Waals surface area contributed by atoms with Crippen molar-refractivity contribution in [3.8, 4) is 0 Å². The second-order valence-electron chi connectivity index (χ2n) is 4.62. The molecule has 1 amide bonds. The summed E-state index contributed by atoms with van der Waals surface area (Å²) in [6, 6.07) is 4.71. The van der Waals surface area contributed by atoms with Crippen LogP contribution in [0.5, 0.6) is 0 Å². The Labute approximate surface area is 120 Å². The molecule has 2 N–H and O–H groups in total. The Bertz CT molecular complexity index is 498. The molecule has 2 unspecified atom stereocenters. The summed E-state index contributed by atoms with van der Waals surface area (Å²) >= 11 is 11.9. The van der Waals surface area contributed by atoms with Gasteiger partial charge in [0.1, 0.15) is 0 Å². The van der Waals surface area contributed by atoms with Gasteiger partial charge in [-0.15, -0.1) is 0 Å². The number of hydrogen-bond donors (Lipinski definition) is 2. The standard InChI is InChI=1S/C13H13Cl2NO3/c14-9-2-1-3-10(15)11(9)12(17)16-8-5-4-7(6-8)13(18)19/h1-3,7-8H,4-6H2,(H,16,17)(H,18,19). The molecule has 2 rings (SSSR count). The highest BCUT2D eigenvalue weighted by atomic mass is 35.5. The van der Waals surface area contributed by atoms with E-state index in [-0.39, 0.29) is 33.5 Å². The zero-order valence-electron chi connectivity index (χ0n) is 10.0. The molecule has 2 atom stereocenters. The molecule has 0 bridgehead atoms. The summed E-state index contributed by atoms with van der Waals surface area (Å²) in [5.41, 5.74) is 0.240. The first-order chi connectivity index (χ1) is 8.99. The van der Waals surface area contributed by atoms with Crippen molar-refractivity contribution in [3.05, 3.63) is 33.8 Å². The highest BCUT2D eigenvalue weighted by molar-refractivity contribution is 6.39. The van der Waals surface area contributed by atoms with Crippen LogP contribution < -0.4 is 5.32 Å². The van der Waals surface area contributed by atoms with E-state index in [1.165, 1.54) is 0 Å². The first-order valence-electron chi connectivity index (χ1n) is 5.96. The Balaban J connectivity index is 2.05. The van der Waals surface area contributed by atoms with E-state index in [9.17, 15) is 9.59 Å². The van der Waals surface area contributed by atoms with Crippen LogP contribution >= 0.6 is 23.2 Å². The summed E-state index contributed by atoms with van der Waals surface area (Å²) in [6.45, 7) is 0. The maximum Gasteiger partial charge on any atom is 0.306 e. The average Bonchev–Trinajstić information content (AvgIpc) is 2.77. The van der Waals surface area contributed by atoms with E-state index in [4.69, 9.17) is 28.3 Å². The molecule has 1 aliphatic carbocycles. The molecule has 0 aliphatic heterocycles. The quantitative estimate of drug-likeness (QED) is 0.902. The number of aliphatic carboxylic acids is 1. The van der Waals surface area contributed by atoms with Crippen LogP contribution in [0.1, 0.15) is 29.6 Å². The van der Waals surface area contributed by atoms with Crippen molar-refractivity contribution in [2.24, 2.45) is 5.92 Å². The number of carboxylic acids is 1. The average molecular weight is 302 g/mol. The van der Waals surface area contributed by atoms with Crippen molar-refractivity contribution in [3.63, 3.8) is 0 Å². The highest BCUT2D eigenvalue weighted by Gasteiger charge is 2.31. The summed E-state index contributed by atoms with van der Waals surface area (Å²) in [6.07, 6.45) is 1.68. The predicted octanol–water partition coefficient (Wildman–Crippen LogP) is 2.98. The summed E-state index contributed by atoms with van der Waals surface area (Å²) < 4.78 is 0. The number of hydrogen-bond acceptors (Lipinski definition) is 2. The summed E-state index contributed by atoms with van der Waals surface area (Å²) in [5.74, 6) is -1.55. The topological polar surface area (TPSA) is 66.4 Å². The fourth-order valence-electron chi connectivity index (χ4n) is 2.31. The van der Waals surface area contributed by atoms with Crippen LogP contribution in [0.4, 0.5) is 0 Å². The van der Waals surface area contributed by atoms with Crippen molar-refractivity contribution < 1.29 is 14.7 Å². The number of carboxylic acid groups (broad SMARTS) is 1. The van der Waals surface area contributed by atoms with Crippen molar-refractivity contribution in [2.75, 3.05) is 0 Å². The lowest BCUT2D eigenvalue weighted by Crippen LogP contribution is -2.33. The Hall–Kier alpha value is -1.26. The smallest absolute Gasteiger partial charge is 0.306 e. The molecule has 0 radical (unpaired) electrons. The molecule has 1 aromatic carbocycles. The van der Waals surface area contributed by atoms with E-state index in [1.54, 1.807) is 18.2 Å². The number of carbonyl (C=O) groups excluding carboxylic acids is 1. The van der Waals surface area contributed by atoms with Crippen molar-refractivity contribution in [1.82, 2.24) is 5.32 Å². The third kappa shape index (κ3) is 3.19. The Kier molecular flexibility index (Phi) is 4.32. The van der Waals surface area contributed by atoms with Gasteiger partial charge in [0, 0.05) is 6.04 Å². The largest absolute Gasteiger partial charge is 0.481 e. The molecule has 0 saturated heterocycles. The Morgan fingerprint density at radius 2 is 1.84 bits per heavy atom. The van der Waals surface area contributed by atoms with Gasteiger partial charge < -0.3 is 10.4 Å². The second-order valence-corrected chi connectivity index (χ2v) is 5.43. The number of benzene rings is 1. The van der Waals surface area contributed by atoms with Crippen molar-refractivity contribution in [1.29, 1.82) is 0 Å². The first kappa shape index (κ1) is 14.2. The van der Waals surface area contributed by atoms with Crippen LogP contribution in [0.15, 0.2) is 18.2 Å². The van der Waals surface area contributed by atoms with E-state index < -0.39 is 5.97 Å². The highest BCUT2D eigenvalue weighted by Crippen LogP contribution is 2.28. The van der Waals surface area contributed by atoms with Crippen molar-refractivity contribution >= 4 is 35.1 Å². The lowest BCUT2D eigenvalue weighted by molar-refractivity contribution is -0.141. The fourth-order valence-corrected chi connectivity index (χ4v) is 2.88. The van der Waals surface area contributed by atoms with Gasteiger partial charge in [-0.3, -0.25) is 9.59 Å². The normalized spacial score (nSPS) is 22.2. The summed E-state index contributed by atoms with van der Waals surface area (Å²) in [4.78, 5) is 22.9. The van der Waals surface area contributed by atoms with Gasteiger partial charge in [0.2, 0.25) is 0 Å². The van der Waals surface area contributed by atoms with Gasteiger partial charge in [0.25, 0.3) is 5.91 Å². The van der Waals surface area contributed by atoms with Crippen LogP contribution in [0, 0.1) is 5.92 Å². The second kappa shape index (κ2) is 5.80. The van der Waals surface area contributed by atoms with E-state index in [2.05, 4.69) is 5.32 Å². The monoisotopic (exact) mass is 301 g/mol. The number of rotatable bonds is 3. The molecule has 1 fully saturated rings. The van der Waals surface area contributed by atoms with Gasteiger partial charge in [-0.25, -0.2) is 0 Å². The Morgan fingerprint density at radius 1 is 1.21 bits per heavy atom. The molecule has 0 heterocycles. The molecular weight excluding hydrogens is 289 g/mol. The molecule has 19 heavy (non-hydrogen) atoms. The van der Waals surface area contributed by atoms with Crippen LogP contribution in [0.25, 0.3) is 0 Å². The molecule has 102 valence electrons. The summed E-state index contributed by atoms with van der Waals surface area (Å²) in [7, 11) is 0. The molecule has 6 heteroatoms. The summed E-state index contributed by atoms with van der Waals surface area (Å²) in [5, 5.41) is 12.3. The van der Waals surface area contributed by atoms with Gasteiger partial charge >= 0.3 is 5.97 Å². The van der Waals surface area contributed by atoms with Crippen molar-refractivity contribution in [2.45, 2.75) is 25.3 Å². The minimum atomic E-state index is -0.812. The minimum Gasteiger partial charge on any atom is -0.481 e. The van der Waals surface area contributed by atoms with Crippen LogP contribution in [-0.4, -0.2) is 23.0 Å².